The van der Waals surface area contributed by atoms with E-state index in [1.165, 1.54) is 0 Å². The van der Waals surface area contributed by atoms with Crippen molar-refractivity contribution in [1.82, 2.24) is 9.97 Å². The largest absolute Gasteiger partial charge is 0.375 e. The summed E-state index contributed by atoms with van der Waals surface area (Å²) in [5.74, 6) is -0.263. The molecule has 1 N–H and O–H groups in total. The Bertz CT molecular complexity index is 580. The monoisotopic (exact) mass is 392 g/mol. The van der Waals surface area contributed by atoms with Gasteiger partial charge in [0.25, 0.3) is 0 Å². The molecule has 0 radical (unpaired) electrons. The predicted octanol–water partition coefficient (Wildman–Crippen LogP) is 4.16. The van der Waals surface area contributed by atoms with E-state index in [4.69, 9.17) is 4.74 Å². The molecule has 0 aromatic carbocycles. The van der Waals surface area contributed by atoms with Crippen LogP contribution in [0.2, 0.25) is 25.7 Å². The highest BCUT2D eigenvalue weighted by Crippen LogP contribution is 2.23. The molecule has 0 bridgehead atoms. The summed E-state index contributed by atoms with van der Waals surface area (Å²) in [4.78, 5) is 7.29. The Labute approximate surface area is 127 Å². The average molecular weight is 392 g/mol. The molecule has 0 saturated carbocycles. The van der Waals surface area contributed by atoms with Gasteiger partial charge in [-0.2, -0.15) is 0 Å². The van der Waals surface area contributed by atoms with Gasteiger partial charge in [0.2, 0.25) is 0 Å². The molecule has 2 rings (SSSR count). The van der Waals surface area contributed by atoms with E-state index in [-0.39, 0.29) is 12.4 Å². The Morgan fingerprint density at radius 1 is 1.42 bits per heavy atom. The van der Waals surface area contributed by atoms with E-state index in [0.717, 1.165) is 17.1 Å². The Kier molecular flexibility index (Phi) is 4.62. The second-order valence-electron chi connectivity index (χ2n) is 5.79. The molecule has 0 saturated heterocycles. The third kappa shape index (κ3) is 3.76. The number of aromatic nitrogens is 2. The molecule has 2 heterocycles. The van der Waals surface area contributed by atoms with Crippen LogP contribution in [0.3, 0.4) is 0 Å². The molecular weight excluding hydrogens is 374 g/mol. The van der Waals surface area contributed by atoms with E-state index < -0.39 is 8.07 Å². The second-order valence-corrected chi connectivity index (χ2v) is 12.5. The van der Waals surface area contributed by atoms with Gasteiger partial charge in [-0.3, -0.25) is 0 Å². The van der Waals surface area contributed by atoms with E-state index in [9.17, 15) is 4.39 Å². The van der Waals surface area contributed by atoms with Crippen molar-refractivity contribution in [3.8, 4) is 0 Å². The zero-order valence-electron chi connectivity index (χ0n) is 11.4. The number of pyridine rings is 1. The van der Waals surface area contributed by atoms with Gasteiger partial charge < -0.3 is 9.72 Å². The Hall–Kier alpha value is -0.473. The molecule has 0 fully saturated rings. The van der Waals surface area contributed by atoms with Gasteiger partial charge in [0.15, 0.2) is 5.82 Å². The number of hydrogen-bond acceptors (Lipinski definition) is 2. The summed E-state index contributed by atoms with van der Waals surface area (Å²) in [5, 5.41) is 0.823. The molecule has 0 amide bonds. The van der Waals surface area contributed by atoms with Crippen LogP contribution < -0.4 is 0 Å². The lowest BCUT2D eigenvalue weighted by Gasteiger charge is -2.15. The van der Waals surface area contributed by atoms with Crippen LogP contribution in [0.4, 0.5) is 4.39 Å². The maximum Gasteiger partial charge on any atom is 0.161 e. The third-order valence-corrected chi connectivity index (χ3v) is 5.65. The zero-order valence-corrected chi connectivity index (χ0v) is 14.5. The first kappa shape index (κ1) is 14.9. The highest BCUT2D eigenvalue weighted by atomic mass is 127. The Balaban J connectivity index is 2.06. The van der Waals surface area contributed by atoms with Crippen molar-refractivity contribution in [3.63, 3.8) is 0 Å². The van der Waals surface area contributed by atoms with Crippen molar-refractivity contribution >= 4 is 41.7 Å². The van der Waals surface area contributed by atoms with Gasteiger partial charge >= 0.3 is 0 Å². The molecule has 0 atom stereocenters. The number of halogens is 2. The molecule has 0 aliphatic heterocycles. The lowest BCUT2D eigenvalue weighted by Crippen LogP contribution is -2.21. The summed E-state index contributed by atoms with van der Waals surface area (Å²) in [6, 6.07) is 2.92. The van der Waals surface area contributed by atoms with Gasteiger partial charge in [0.1, 0.15) is 11.3 Å². The highest BCUT2D eigenvalue weighted by molar-refractivity contribution is 14.1. The summed E-state index contributed by atoms with van der Waals surface area (Å²) in [6.45, 7) is 7.80. The van der Waals surface area contributed by atoms with E-state index in [2.05, 4.69) is 29.6 Å². The zero-order chi connectivity index (χ0) is 14.0. The van der Waals surface area contributed by atoms with Crippen LogP contribution in [0.25, 0.3) is 11.0 Å². The molecule has 0 spiro atoms. The first-order valence-electron chi connectivity index (χ1n) is 6.27. The number of aromatic amines is 1. The summed E-state index contributed by atoms with van der Waals surface area (Å²) in [5.41, 5.74) is 1.10. The Morgan fingerprint density at radius 2 is 2.16 bits per heavy atom. The van der Waals surface area contributed by atoms with Crippen LogP contribution in [-0.4, -0.2) is 24.6 Å². The van der Waals surface area contributed by atoms with Crippen molar-refractivity contribution < 1.29 is 9.13 Å². The summed E-state index contributed by atoms with van der Waals surface area (Å²) in [7, 11) is -1.10. The number of hydrogen-bond donors (Lipinski definition) is 1. The fourth-order valence-corrected chi connectivity index (χ4v) is 3.21. The van der Waals surface area contributed by atoms with Crippen molar-refractivity contribution in [2.75, 3.05) is 6.61 Å². The number of nitrogens with one attached hydrogen (secondary N) is 1. The average Bonchev–Trinajstić information content (AvgIpc) is 2.77. The topological polar surface area (TPSA) is 37.9 Å². The van der Waals surface area contributed by atoms with Crippen LogP contribution in [0, 0.1) is 9.39 Å². The maximum absolute atomic E-state index is 14.1. The first-order chi connectivity index (χ1) is 8.88. The summed E-state index contributed by atoms with van der Waals surface area (Å²) in [6.07, 6.45) is 1.77. The van der Waals surface area contributed by atoms with Gasteiger partial charge in [-0.05, 0) is 34.7 Å². The van der Waals surface area contributed by atoms with Gasteiger partial charge in [-0.25, -0.2) is 9.37 Å². The minimum atomic E-state index is -1.10. The molecule has 0 aliphatic carbocycles. The third-order valence-electron chi connectivity index (χ3n) is 2.89. The smallest absolute Gasteiger partial charge is 0.161 e. The molecule has 6 heteroatoms. The number of H-pyrrole nitrogens is 1. The molecular formula is C13H18FIN2OSi. The number of rotatable bonds is 5. The summed E-state index contributed by atoms with van der Waals surface area (Å²) >= 11 is 2.02. The van der Waals surface area contributed by atoms with Gasteiger partial charge in [0.05, 0.1) is 10.2 Å². The number of nitrogens with zero attached hydrogens (tertiary/aromatic N) is 1. The molecule has 2 aromatic rings. The second kappa shape index (κ2) is 5.88. The van der Waals surface area contributed by atoms with Crippen LogP contribution >= 0.6 is 22.6 Å². The minimum absolute atomic E-state index is 0.237. The van der Waals surface area contributed by atoms with Crippen molar-refractivity contribution in [3.05, 3.63) is 27.3 Å². The quantitative estimate of drug-likeness (QED) is 0.472. The SMILES string of the molecule is C[Si](C)(C)CCOCc1nc2[nH]ccc2c(I)c1F. The number of fused-ring (bicyclic) bond motifs is 1. The summed E-state index contributed by atoms with van der Waals surface area (Å²) < 4.78 is 20.3. The van der Waals surface area contributed by atoms with E-state index in [0.29, 0.717) is 15.9 Å². The maximum atomic E-state index is 14.1. The van der Waals surface area contributed by atoms with Crippen LogP contribution in [0.15, 0.2) is 12.3 Å². The normalized spacial score (nSPS) is 12.3. The van der Waals surface area contributed by atoms with E-state index in [1.54, 1.807) is 6.20 Å². The molecule has 0 unspecified atom stereocenters. The molecule has 2 aromatic heterocycles. The first-order valence-corrected chi connectivity index (χ1v) is 11.1. The van der Waals surface area contributed by atoms with E-state index >= 15 is 0 Å². The van der Waals surface area contributed by atoms with E-state index in [1.807, 2.05) is 28.7 Å². The molecule has 3 nitrogen and oxygen atoms in total. The van der Waals surface area contributed by atoms with Crippen LogP contribution in [0.1, 0.15) is 5.69 Å². The lowest BCUT2D eigenvalue weighted by molar-refractivity contribution is 0.127. The minimum Gasteiger partial charge on any atom is -0.375 e. The fourth-order valence-electron chi connectivity index (χ4n) is 1.70. The number of ether oxygens (including phenoxy) is 1. The lowest BCUT2D eigenvalue weighted by atomic mass is 10.3. The van der Waals surface area contributed by atoms with Crippen LogP contribution in [0.5, 0.6) is 0 Å². The van der Waals surface area contributed by atoms with Crippen molar-refractivity contribution in [2.45, 2.75) is 32.3 Å². The standard InChI is InChI=1S/C13H18FIN2OSi/c1-19(2,3)7-6-18-8-10-11(14)12(15)9-4-5-16-13(9)17-10/h4-5H,6-8H2,1-3H3,(H,16,17). The molecule has 19 heavy (non-hydrogen) atoms. The van der Waals surface area contributed by atoms with Crippen molar-refractivity contribution in [2.24, 2.45) is 0 Å². The van der Waals surface area contributed by atoms with Gasteiger partial charge in [-0.15, -0.1) is 0 Å². The fraction of sp³-hybridized carbons (Fsp3) is 0.462. The Morgan fingerprint density at radius 3 is 2.84 bits per heavy atom. The highest BCUT2D eigenvalue weighted by Gasteiger charge is 2.15. The molecule has 104 valence electrons. The van der Waals surface area contributed by atoms with Crippen LogP contribution in [-0.2, 0) is 11.3 Å². The van der Waals surface area contributed by atoms with Gasteiger partial charge in [-0.1, -0.05) is 19.6 Å². The predicted molar refractivity (Wildman–Crippen MR) is 86.6 cm³/mol. The molecule has 0 aliphatic rings. The van der Waals surface area contributed by atoms with Gasteiger partial charge in [0, 0.05) is 26.3 Å². The van der Waals surface area contributed by atoms with Crippen molar-refractivity contribution in [1.29, 1.82) is 0 Å².